The monoisotopic (exact) mass is 386 g/mol. The highest BCUT2D eigenvalue weighted by Crippen LogP contribution is 2.37. The molecule has 0 unspecified atom stereocenters. The Hall–Kier alpha value is -1.85. The predicted octanol–water partition coefficient (Wildman–Crippen LogP) is 3.29. The van der Waals surface area contributed by atoms with Gasteiger partial charge in [-0.25, -0.2) is 4.68 Å². The van der Waals surface area contributed by atoms with Crippen LogP contribution >= 0.6 is 11.6 Å². The Morgan fingerprint density at radius 3 is 2.52 bits per heavy atom. The van der Waals surface area contributed by atoms with E-state index in [1.807, 2.05) is 47.7 Å². The van der Waals surface area contributed by atoms with E-state index in [0.717, 1.165) is 61.7 Å². The molecule has 0 aliphatic carbocycles. The number of hydrogen-bond acceptors (Lipinski definition) is 3. The van der Waals surface area contributed by atoms with E-state index >= 15 is 0 Å². The molecule has 2 aliphatic rings. The summed E-state index contributed by atoms with van der Waals surface area (Å²) in [5.74, 6) is 0.220. The zero-order valence-electron chi connectivity index (χ0n) is 16.1. The topological polar surface area (TPSA) is 50.2 Å². The van der Waals surface area contributed by atoms with Crippen LogP contribution in [0.1, 0.15) is 36.2 Å². The lowest BCUT2D eigenvalue weighted by Gasteiger charge is -2.39. The van der Waals surface area contributed by atoms with E-state index in [1.165, 1.54) is 6.42 Å². The average molecular weight is 387 g/mol. The summed E-state index contributed by atoms with van der Waals surface area (Å²) in [5.41, 5.74) is 4.38. The lowest BCUT2D eigenvalue weighted by atomic mass is 9.78. The van der Waals surface area contributed by atoms with Crippen LogP contribution in [-0.2, 0) is 11.2 Å². The quantitative estimate of drug-likeness (QED) is 0.880. The molecule has 2 saturated heterocycles. The Labute approximate surface area is 165 Å². The summed E-state index contributed by atoms with van der Waals surface area (Å²) < 4.78 is 1.91. The molecule has 2 aliphatic heterocycles. The number of amides is 1. The van der Waals surface area contributed by atoms with Crippen LogP contribution in [0.4, 0.5) is 0 Å². The minimum absolute atomic E-state index is 0.220. The van der Waals surface area contributed by atoms with E-state index in [1.54, 1.807) is 0 Å². The van der Waals surface area contributed by atoms with Crippen molar-refractivity contribution in [1.29, 1.82) is 0 Å². The number of piperidine rings is 1. The molecular formula is C21H27ClN4O. The van der Waals surface area contributed by atoms with Gasteiger partial charge in [0.25, 0.3) is 0 Å². The Morgan fingerprint density at radius 1 is 1.19 bits per heavy atom. The first-order valence-electron chi connectivity index (χ1n) is 9.77. The van der Waals surface area contributed by atoms with Crippen LogP contribution < -0.4 is 5.32 Å². The average Bonchev–Trinajstić information content (AvgIpc) is 3.23. The zero-order chi connectivity index (χ0) is 19.0. The van der Waals surface area contributed by atoms with E-state index in [-0.39, 0.29) is 5.91 Å². The molecule has 4 rings (SSSR count). The summed E-state index contributed by atoms with van der Waals surface area (Å²) in [4.78, 5) is 15.0. The third-order valence-electron chi connectivity index (χ3n) is 6.35. The molecule has 144 valence electrons. The molecule has 1 aromatic heterocycles. The molecule has 5 nitrogen and oxygen atoms in total. The second-order valence-corrected chi connectivity index (χ2v) is 8.46. The Morgan fingerprint density at radius 2 is 1.89 bits per heavy atom. The van der Waals surface area contributed by atoms with Crippen molar-refractivity contribution >= 4 is 17.5 Å². The summed E-state index contributed by atoms with van der Waals surface area (Å²) in [6.07, 6.45) is 3.92. The van der Waals surface area contributed by atoms with Crippen molar-refractivity contribution < 1.29 is 4.79 Å². The summed E-state index contributed by atoms with van der Waals surface area (Å²) in [5, 5.41) is 8.85. The molecule has 0 radical (unpaired) electrons. The van der Waals surface area contributed by atoms with E-state index in [4.69, 9.17) is 11.6 Å². The number of aromatic nitrogens is 2. The molecule has 27 heavy (non-hydrogen) atoms. The van der Waals surface area contributed by atoms with Crippen LogP contribution in [0.3, 0.4) is 0 Å². The number of rotatable bonds is 3. The Bertz CT molecular complexity index is 827. The van der Waals surface area contributed by atoms with Crippen LogP contribution in [0.25, 0.3) is 5.69 Å². The van der Waals surface area contributed by atoms with Crippen molar-refractivity contribution in [2.24, 2.45) is 5.41 Å². The minimum atomic E-state index is 0.220. The second-order valence-electron chi connectivity index (χ2n) is 8.02. The summed E-state index contributed by atoms with van der Waals surface area (Å²) in [6.45, 7) is 8.01. The number of benzene rings is 1. The fraction of sp³-hybridized carbons (Fsp3) is 0.524. The highest BCUT2D eigenvalue weighted by atomic mass is 35.5. The summed E-state index contributed by atoms with van der Waals surface area (Å²) in [7, 11) is 0. The zero-order valence-corrected chi connectivity index (χ0v) is 16.9. The number of halogens is 1. The molecule has 2 aromatic rings. The standard InChI is InChI=1S/C21H27ClN4O/c1-15-19(16(2)26(24-15)18-5-3-17(22)4-6-18)13-20(27)25-11-8-21(9-12-25)7-10-23-14-21/h3-6,23H,7-14H2,1-2H3. The van der Waals surface area contributed by atoms with Gasteiger partial charge < -0.3 is 10.2 Å². The highest BCUT2D eigenvalue weighted by Gasteiger charge is 2.38. The first kappa shape index (κ1) is 18.5. The number of aryl methyl sites for hydroxylation is 1. The van der Waals surface area contributed by atoms with Gasteiger partial charge in [0.15, 0.2) is 0 Å². The Balaban J connectivity index is 1.46. The number of carbonyl (C=O) groups is 1. The number of nitrogens with one attached hydrogen (secondary N) is 1. The molecule has 2 fully saturated rings. The number of hydrogen-bond donors (Lipinski definition) is 1. The van der Waals surface area contributed by atoms with E-state index < -0.39 is 0 Å². The van der Waals surface area contributed by atoms with Gasteiger partial charge in [0.1, 0.15) is 0 Å². The number of likely N-dealkylation sites (tertiary alicyclic amines) is 1. The fourth-order valence-corrected chi connectivity index (χ4v) is 4.61. The van der Waals surface area contributed by atoms with Gasteiger partial charge in [-0.05, 0) is 69.3 Å². The van der Waals surface area contributed by atoms with Crippen LogP contribution in [0.15, 0.2) is 24.3 Å². The van der Waals surface area contributed by atoms with Crippen molar-refractivity contribution in [2.75, 3.05) is 26.2 Å². The van der Waals surface area contributed by atoms with Crippen molar-refractivity contribution in [3.63, 3.8) is 0 Å². The molecular weight excluding hydrogens is 360 g/mol. The van der Waals surface area contributed by atoms with Gasteiger partial charge in [-0.1, -0.05) is 11.6 Å². The molecule has 1 amide bonds. The first-order chi connectivity index (χ1) is 13.0. The molecule has 3 heterocycles. The van der Waals surface area contributed by atoms with Gasteiger partial charge in [0, 0.05) is 35.9 Å². The maximum atomic E-state index is 12.9. The predicted molar refractivity (Wildman–Crippen MR) is 107 cm³/mol. The lowest BCUT2D eigenvalue weighted by Crippen LogP contribution is -2.44. The molecule has 1 aromatic carbocycles. The van der Waals surface area contributed by atoms with Crippen molar-refractivity contribution in [3.8, 4) is 5.69 Å². The molecule has 0 saturated carbocycles. The second kappa shape index (κ2) is 7.28. The molecule has 0 atom stereocenters. The summed E-state index contributed by atoms with van der Waals surface area (Å²) >= 11 is 5.99. The molecule has 1 spiro atoms. The van der Waals surface area contributed by atoms with Gasteiger partial charge in [0.05, 0.1) is 17.8 Å². The van der Waals surface area contributed by atoms with Crippen molar-refractivity contribution in [1.82, 2.24) is 20.0 Å². The van der Waals surface area contributed by atoms with Gasteiger partial charge in [0.2, 0.25) is 5.91 Å². The van der Waals surface area contributed by atoms with Crippen molar-refractivity contribution in [3.05, 3.63) is 46.2 Å². The summed E-state index contributed by atoms with van der Waals surface area (Å²) in [6, 6.07) is 7.62. The third-order valence-corrected chi connectivity index (χ3v) is 6.60. The van der Waals surface area contributed by atoms with Gasteiger partial charge >= 0.3 is 0 Å². The third kappa shape index (κ3) is 3.63. The molecule has 1 N–H and O–H groups in total. The lowest BCUT2D eigenvalue weighted by molar-refractivity contribution is -0.132. The number of carbonyl (C=O) groups excluding carboxylic acids is 1. The Kier molecular flexibility index (Phi) is 4.99. The van der Waals surface area contributed by atoms with Crippen LogP contribution in [-0.4, -0.2) is 46.8 Å². The van der Waals surface area contributed by atoms with Crippen LogP contribution in [0, 0.1) is 19.3 Å². The largest absolute Gasteiger partial charge is 0.342 e. The van der Waals surface area contributed by atoms with Crippen LogP contribution in [0.2, 0.25) is 5.02 Å². The SMILES string of the molecule is Cc1nn(-c2ccc(Cl)cc2)c(C)c1CC(=O)N1CCC2(CCNC2)CC1. The molecule has 6 heteroatoms. The smallest absolute Gasteiger partial charge is 0.227 e. The van der Waals surface area contributed by atoms with Crippen LogP contribution in [0.5, 0.6) is 0 Å². The van der Waals surface area contributed by atoms with E-state index in [0.29, 0.717) is 16.9 Å². The van der Waals surface area contributed by atoms with Gasteiger partial charge in [-0.3, -0.25) is 4.79 Å². The van der Waals surface area contributed by atoms with E-state index in [2.05, 4.69) is 10.4 Å². The van der Waals surface area contributed by atoms with Gasteiger partial charge in [-0.15, -0.1) is 0 Å². The highest BCUT2D eigenvalue weighted by molar-refractivity contribution is 6.30. The van der Waals surface area contributed by atoms with Crippen molar-refractivity contribution in [2.45, 2.75) is 39.5 Å². The van der Waals surface area contributed by atoms with E-state index in [9.17, 15) is 4.79 Å². The maximum Gasteiger partial charge on any atom is 0.227 e. The maximum absolute atomic E-state index is 12.9. The molecule has 0 bridgehead atoms. The normalized spacial score (nSPS) is 19.0. The number of nitrogens with zero attached hydrogens (tertiary/aromatic N) is 3. The fourth-order valence-electron chi connectivity index (χ4n) is 4.48. The first-order valence-corrected chi connectivity index (χ1v) is 10.1. The minimum Gasteiger partial charge on any atom is -0.342 e. The van der Waals surface area contributed by atoms with Gasteiger partial charge in [-0.2, -0.15) is 5.10 Å².